The van der Waals surface area contributed by atoms with Gasteiger partial charge < -0.3 is 43.5 Å². The quantitative estimate of drug-likeness (QED) is 0.0541. The van der Waals surface area contributed by atoms with Crippen LogP contribution in [0, 0.1) is 0 Å². The second kappa shape index (κ2) is 20.9. The minimum atomic E-state index is -1.23. The molecule has 5 rings (SSSR count). The first-order chi connectivity index (χ1) is 28.8. The van der Waals surface area contributed by atoms with Crippen LogP contribution in [0.25, 0.3) is 21.7 Å². The third-order valence-corrected chi connectivity index (χ3v) is 10.4. The normalized spacial score (nSPS) is 14.2. The Kier molecular flexibility index (Phi) is 15.5. The molecule has 60 heavy (non-hydrogen) atoms. The van der Waals surface area contributed by atoms with Crippen molar-refractivity contribution in [2.75, 3.05) is 11.4 Å². The van der Waals surface area contributed by atoms with Crippen LogP contribution >= 0.6 is 0 Å². The number of unbranched alkanes of at least 4 members (excludes halogenated alkanes) is 1. The van der Waals surface area contributed by atoms with Gasteiger partial charge in [-0.05, 0) is 86.7 Å². The number of amides is 6. The Balaban J connectivity index is 1.37. The molecule has 4 aromatic carbocycles. The summed E-state index contributed by atoms with van der Waals surface area (Å²) in [5.41, 5.74) is 20.0. The van der Waals surface area contributed by atoms with Crippen LogP contribution in [0.15, 0.2) is 103 Å². The summed E-state index contributed by atoms with van der Waals surface area (Å²) in [6, 6.07) is 22.9. The van der Waals surface area contributed by atoms with Gasteiger partial charge in [0.1, 0.15) is 30.2 Å². The number of nitrogens with one attached hydrogen (secondary N) is 5. The molecule has 0 bridgehead atoms. The molecule has 6 unspecified atom stereocenters. The topological polar surface area (TPSA) is 248 Å². The number of aromatic nitrogens is 1. The summed E-state index contributed by atoms with van der Waals surface area (Å²) in [5, 5.41) is 13.6. The first-order valence-corrected chi connectivity index (χ1v) is 20.1. The number of benzene rings is 4. The average Bonchev–Trinajstić information content (AvgIpc) is 3.65. The van der Waals surface area contributed by atoms with Gasteiger partial charge in [-0.2, -0.15) is 0 Å². The maximum atomic E-state index is 14.3. The molecule has 1 heterocycles. The first-order valence-electron chi connectivity index (χ1n) is 20.1. The van der Waals surface area contributed by atoms with E-state index in [-0.39, 0.29) is 19.3 Å². The smallest absolute Gasteiger partial charge is 0.244 e. The fourth-order valence-corrected chi connectivity index (χ4v) is 7.01. The zero-order valence-electron chi connectivity index (χ0n) is 34.2. The number of anilines is 1. The molecule has 0 radical (unpaired) electrons. The molecule has 0 aliphatic rings. The van der Waals surface area contributed by atoms with Crippen molar-refractivity contribution in [2.45, 2.75) is 89.1 Å². The molecular weight excluding hydrogens is 763 g/mol. The molecule has 6 atom stereocenters. The van der Waals surface area contributed by atoms with Crippen LogP contribution in [-0.4, -0.2) is 83.2 Å². The molecule has 11 N–H and O–H groups in total. The van der Waals surface area contributed by atoms with Crippen molar-refractivity contribution in [3.63, 3.8) is 0 Å². The molecule has 0 saturated carbocycles. The van der Waals surface area contributed by atoms with Gasteiger partial charge in [-0.3, -0.25) is 33.7 Å². The molecular formula is C45H55N9O6. The first kappa shape index (κ1) is 44.5. The second-order valence-corrected chi connectivity index (χ2v) is 15.1. The summed E-state index contributed by atoms with van der Waals surface area (Å²) < 4.78 is 0. The fourth-order valence-electron chi connectivity index (χ4n) is 7.01. The number of fused-ring (bicyclic) bond motifs is 2. The highest BCUT2D eigenvalue weighted by atomic mass is 16.2. The lowest BCUT2D eigenvalue weighted by Gasteiger charge is -2.31. The predicted octanol–water partition coefficient (Wildman–Crippen LogP) is 2.45. The molecule has 0 aliphatic carbocycles. The Labute approximate surface area is 349 Å². The van der Waals surface area contributed by atoms with E-state index in [1.54, 1.807) is 49.5 Å². The molecule has 316 valence electrons. The van der Waals surface area contributed by atoms with Crippen LogP contribution in [0.3, 0.4) is 0 Å². The number of rotatable bonds is 20. The SMILES string of the molecule is CC(N)C(=O)N(c1ccc2ccccc2c1)C(C)C(=O)NC(C)C(=O)NC(Cc1c[nH]c2ccccc12)C(=O)NC(Cc1ccccc1)C(=O)NC(CCCCN)C(N)=O. The largest absolute Gasteiger partial charge is 0.368 e. The van der Waals surface area contributed by atoms with E-state index in [4.69, 9.17) is 17.2 Å². The molecule has 0 spiro atoms. The molecule has 15 nitrogen and oxygen atoms in total. The minimum Gasteiger partial charge on any atom is -0.368 e. The molecule has 0 fully saturated rings. The number of para-hydroxylation sites is 1. The van der Waals surface area contributed by atoms with Crippen LogP contribution in [0.2, 0.25) is 0 Å². The maximum Gasteiger partial charge on any atom is 0.244 e. The van der Waals surface area contributed by atoms with Crippen molar-refractivity contribution in [1.29, 1.82) is 0 Å². The highest BCUT2D eigenvalue weighted by molar-refractivity contribution is 6.05. The fraction of sp³-hybridized carbons (Fsp3) is 0.333. The summed E-state index contributed by atoms with van der Waals surface area (Å²) >= 11 is 0. The van der Waals surface area contributed by atoms with E-state index in [1.165, 1.54) is 18.7 Å². The van der Waals surface area contributed by atoms with Crippen LogP contribution in [0.4, 0.5) is 5.69 Å². The second-order valence-electron chi connectivity index (χ2n) is 15.1. The Morgan fingerprint density at radius 3 is 1.97 bits per heavy atom. The summed E-state index contributed by atoms with van der Waals surface area (Å²) in [5.74, 6) is -3.85. The van der Waals surface area contributed by atoms with Crippen molar-refractivity contribution >= 4 is 62.8 Å². The van der Waals surface area contributed by atoms with E-state index in [0.29, 0.717) is 25.1 Å². The van der Waals surface area contributed by atoms with Crippen LogP contribution in [0.5, 0.6) is 0 Å². The third-order valence-electron chi connectivity index (χ3n) is 10.4. The summed E-state index contributed by atoms with van der Waals surface area (Å²) in [6.45, 7) is 4.95. The third kappa shape index (κ3) is 11.5. The Morgan fingerprint density at radius 2 is 1.28 bits per heavy atom. The number of carbonyl (C=O) groups is 6. The maximum absolute atomic E-state index is 14.3. The van der Waals surface area contributed by atoms with Crippen molar-refractivity contribution in [3.8, 4) is 0 Å². The highest BCUT2D eigenvalue weighted by Crippen LogP contribution is 2.25. The number of primary amides is 1. The van der Waals surface area contributed by atoms with E-state index < -0.39 is 71.7 Å². The number of nitrogens with zero attached hydrogens (tertiary/aromatic N) is 1. The van der Waals surface area contributed by atoms with Gasteiger partial charge in [0.05, 0.1) is 6.04 Å². The standard InChI is InChI=1S/C45H55N9O6/c1-27(47)45(60)54(34-21-20-31-15-7-8-16-32(31)24-34)29(3)42(57)50-28(2)41(56)52-39(25-33-26-49-36-18-10-9-17-35(33)36)44(59)53-38(23-30-13-5-4-6-14-30)43(58)51-37(40(48)55)19-11-12-22-46/h4-10,13-18,20-21,24,26-29,37-39,49H,11-12,19,22-23,25,46-47H2,1-3H3,(H2,48,55)(H,50,57)(H,51,58)(H,52,56)(H,53,59). The highest BCUT2D eigenvalue weighted by Gasteiger charge is 2.34. The van der Waals surface area contributed by atoms with Crippen molar-refractivity contribution in [1.82, 2.24) is 26.3 Å². The Morgan fingerprint density at radius 1 is 0.667 bits per heavy atom. The lowest BCUT2D eigenvalue weighted by molar-refractivity contribution is -0.134. The Bertz CT molecular complexity index is 2290. The van der Waals surface area contributed by atoms with Gasteiger partial charge in [0, 0.05) is 35.6 Å². The molecule has 1 aromatic heterocycles. The van der Waals surface area contributed by atoms with E-state index in [1.807, 2.05) is 60.7 Å². The van der Waals surface area contributed by atoms with Gasteiger partial charge in [-0.1, -0.05) is 78.9 Å². The lowest BCUT2D eigenvalue weighted by atomic mass is 10.0. The Hall–Kier alpha value is -6.58. The van der Waals surface area contributed by atoms with Gasteiger partial charge in [0.25, 0.3) is 0 Å². The van der Waals surface area contributed by atoms with Crippen LogP contribution < -0.4 is 43.4 Å². The molecule has 6 amide bonds. The average molecular weight is 818 g/mol. The van der Waals surface area contributed by atoms with Gasteiger partial charge >= 0.3 is 0 Å². The van der Waals surface area contributed by atoms with E-state index in [2.05, 4.69) is 26.3 Å². The van der Waals surface area contributed by atoms with Crippen molar-refractivity contribution in [3.05, 3.63) is 114 Å². The summed E-state index contributed by atoms with van der Waals surface area (Å²) in [7, 11) is 0. The number of hydrogen-bond donors (Lipinski definition) is 8. The van der Waals surface area contributed by atoms with Gasteiger partial charge in [-0.15, -0.1) is 0 Å². The summed E-state index contributed by atoms with van der Waals surface area (Å²) in [4.78, 5) is 86.2. The molecule has 5 aromatic rings. The van der Waals surface area contributed by atoms with Crippen LogP contribution in [-0.2, 0) is 41.6 Å². The zero-order valence-corrected chi connectivity index (χ0v) is 34.2. The summed E-state index contributed by atoms with van der Waals surface area (Å²) in [6.07, 6.45) is 3.28. The monoisotopic (exact) mass is 817 g/mol. The number of aromatic amines is 1. The van der Waals surface area contributed by atoms with Gasteiger partial charge in [-0.25, -0.2) is 0 Å². The van der Waals surface area contributed by atoms with E-state index in [0.717, 1.165) is 32.8 Å². The van der Waals surface area contributed by atoms with Crippen molar-refractivity contribution < 1.29 is 28.8 Å². The molecule has 15 heteroatoms. The molecule has 0 saturated heterocycles. The number of carbonyl (C=O) groups excluding carboxylic acids is 6. The number of H-pyrrole nitrogens is 1. The number of hydrogen-bond acceptors (Lipinski definition) is 8. The molecule has 0 aliphatic heterocycles. The zero-order chi connectivity index (χ0) is 43.3. The van der Waals surface area contributed by atoms with Crippen molar-refractivity contribution in [2.24, 2.45) is 17.2 Å². The van der Waals surface area contributed by atoms with Gasteiger partial charge in [0.2, 0.25) is 35.4 Å². The number of nitrogens with two attached hydrogens (primary N) is 3. The predicted molar refractivity (Wildman–Crippen MR) is 232 cm³/mol. The van der Waals surface area contributed by atoms with Gasteiger partial charge in [0.15, 0.2) is 0 Å². The van der Waals surface area contributed by atoms with E-state index >= 15 is 0 Å². The lowest BCUT2D eigenvalue weighted by Crippen LogP contribution is -2.59. The minimum absolute atomic E-state index is 0.0139. The van der Waals surface area contributed by atoms with E-state index in [9.17, 15) is 28.8 Å². The van der Waals surface area contributed by atoms with Crippen LogP contribution in [0.1, 0.15) is 51.2 Å².